The summed E-state index contributed by atoms with van der Waals surface area (Å²) in [6.07, 6.45) is 9.93. The van der Waals surface area contributed by atoms with Gasteiger partial charge in [0.1, 0.15) is 0 Å². The Kier molecular flexibility index (Phi) is 4.04. The van der Waals surface area contributed by atoms with Crippen LogP contribution in [0.1, 0.15) is 58.3 Å². The van der Waals surface area contributed by atoms with E-state index in [0.29, 0.717) is 6.10 Å². The molecule has 0 amide bonds. The van der Waals surface area contributed by atoms with Crippen LogP contribution in [0.2, 0.25) is 0 Å². The molecule has 3 unspecified atom stereocenters. The van der Waals surface area contributed by atoms with Gasteiger partial charge in [-0.15, -0.1) is 0 Å². The predicted molar refractivity (Wildman–Crippen MR) is 60.8 cm³/mol. The Balaban J connectivity index is 1.78. The molecule has 0 aromatic carbocycles. The average molecular weight is 212 g/mol. The summed E-state index contributed by atoms with van der Waals surface area (Å²) in [4.78, 5) is 0. The van der Waals surface area contributed by atoms with Crippen LogP contribution in [0.25, 0.3) is 0 Å². The minimum atomic E-state index is -0.196. The molecule has 2 nitrogen and oxygen atoms in total. The van der Waals surface area contributed by atoms with E-state index in [1.165, 1.54) is 38.5 Å². The lowest BCUT2D eigenvalue weighted by Gasteiger charge is -2.38. The van der Waals surface area contributed by atoms with Gasteiger partial charge in [-0.25, -0.2) is 0 Å². The summed E-state index contributed by atoms with van der Waals surface area (Å²) in [7, 11) is 0. The summed E-state index contributed by atoms with van der Waals surface area (Å²) in [5.74, 6) is 0.795. The molecule has 2 heteroatoms. The fraction of sp³-hybridized carbons (Fsp3) is 1.00. The molecule has 88 valence electrons. The lowest BCUT2D eigenvalue weighted by atomic mass is 9.82. The standard InChI is InChI=1S/C13H24O2/c1-2-4-10-7-8-12(14)13(9-10)15-11-5-3-6-11/h10-14H,2-9H2,1H3. The maximum atomic E-state index is 9.90. The second-order valence-corrected chi connectivity index (χ2v) is 5.26. The van der Waals surface area contributed by atoms with Crippen molar-refractivity contribution in [1.82, 2.24) is 0 Å². The van der Waals surface area contributed by atoms with Crippen LogP contribution in [0.3, 0.4) is 0 Å². The molecular formula is C13H24O2. The molecule has 0 saturated heterocycles. The summed E-state index contributed by atoms with van der Waals surface area (Å²) in [5.41, 5.74) is 0. The fourth-order valence-corrected chi connectivity index (χ4v) is 2.77. The van der Waals surface area contributed by atoms with Crippen LogP contribution in [0.5, 0.6) is 0 Å². The molecule has 2 aliphatic rings. The van der Waals surface area contributed by atoms with Gasteiger partial charge < -0.3 is 9.84 Å². The number of rotatable bonds is 4. The smallest absolute Gasteiger partial charge is 0.0840 e. The third-order valence-corrected chi connectivity index (χ3v) is 3.98. The van der Waals surface area contributed by atoms with Crippen LogP contribution in [0.15, 0.2) is 0 Å². The zero-order valence-electron chi connectivity index (χ0n) is 9.82. The summed E-state index contributed by atoms with van der Waals surface area (Å²) in [5, 5.41) is 9.90. The summed E-state index contributed by atoms with van der Waals surface area (Å²) in [6.45, 7) is 2.24. The SMILES string of the molecule is CCCC1CCC(O)C(OC2CCC2)C1. The number of hydrogen-bond acceptors (Lipinski definition) is 2. The van der Waals surface area contributed by atoms with E-state index in [0.717, 1.165) is 18.8 Å². The van der Waals surface area contributed by atoms with Gasteiger partial charge in [0.05, 0.1) is 18.3 Å². The third-order valence-electron chi connectivity index (χ3n) is 3.98. The minimum absolute atomic E-state index is 0.139. The molecule has 0 aromatic heterocycles. The molecule has 0 bridgehead atoms. The zero-order valence-corrected chi connectivity index (χ0v) is 9.82. The molecule has 2 fully saturated rings. The molecule has 2 aliphatic carbocycles. The molecule has 2 saturated carbocycles. The van der Waals surface area contributed by atoms with Crippen molar-refractivity contribution in [2.45, 2.75) is 76.6 Å². The molecule has 15 heavy (non-hydrogen) atoms. The van der Waals surface area contributed by atoms with Gasteiger partial charge in [0.15, 0.2) is 0 Å². The highest BCUT2D eigenvalue weighted by atomic mass is 16.5. The largest absolute Gasteiger partial charge is 0.390 e. The van der Waals surface area contributed by atoms with Crippen molar-refractivity contribution in [3.63, 3.8) is 0 Å². The Hall–Kier alpha value is -0.0800. The molecule has 0 aliphatic heterocycles. The number of hydrogen-bond donors (Lipinski definition) is 1. The average Bonchev–Trinajstić information content (AvgIpc) is 2.16. The van der Waals surface area contributed by atoms with Crippen LogP contribution >= 0.6 is 0 Å². The quantitative estimate of drug-likeness (QED) is 0.776. The lowest BCUT2D eigenvalue weighted by Crippen LogP contribution is -2.40. The predicted octanol–water partition coefficient (Wildman–Crippen LogP) is 2.89. The van der Waals surface area contributed by atoms with Gasteiger partial charge in [-0.05, 0) is 44.4 Å². The molecule has 0 spiro atoms. The van der Waals surface area contributed by atoms with Gasteiger partial charge in [-0.2, -0.15) is 0 Å². The van der Waals surface area contributed by atoms with Crippen molar-refractivity contribution in [2.75, 3.05) is 0 Å². The first-order valence-electron chi connectivity index (χ1n) is 6.63. The second kappa shape index (κ2) is 5.31. The number of ether oxygens (including phenoxy) is 1. The fourth-order valence-electron chi connectivity index (χ4n) is 2.77. The van der Waals surface area contributed by atoms with Crippen molar-refractivity contribution in [1.29, 1.82) is 0 Å². The van der Waals surface area contributed by atoms with Crippen LogP contribution in [0.4, 0.5) is 0 Å². The summed E-state index contributed by atoms with van der Waals surface area (Å²) >= 11 is 0. The highest BCUT2D eigenvalue weighted by Gasteiger charge is 2.32. The van der Waals surface area contributed by atoms with Gasteiger partial charge in [0, 0.05) is 0 Å². The molecule has 3 atom stereocenters. The summed E-state index contributed by atoms with van der Waals surface area (Å²) < 4.78 is 5.97. The molecule has 0 radical (unpaired) electrons. The van der Waals surface area contributed by atoms with Gasteiger partial charge in [-0.1, -0.05) is 19.8 Å². The maximum absolute atomic E-state index is 9.90. The molecule has 0 aromatic rings. The minimum Gasteiger partial charge on any atom is -0.390 e. The van der Waals surface area contributed by atoms with E-state index in [1.54, 1.807) is 0 Å². The monoisotopic (exact) mass is 212 g/mol. The summed E-state index contributed by atoms with van der Waals surface area (Å²) in [6, 6.07) is 0. The van der Waals surface area contributed by atoms with E-state index in [1.807, 2.05) is 0 Å². The van der Waals surface area contributed by atoms with Crippen LogP contribution in [-0.4, -0.2) is 23.4 Å². The Bertz CT molecular complexity index is 189. The highest BCUT2D eigenvalue weighted by molar-refractivity contribution is 4.83. The lowest BCUT2D eigenvalue weighted by molar-refractivity contribution is -0.125. The first kappa shape index (κ1) is 11.4. The highest BCUT2D eigenvalue weighted by Crippen LogP contribution is 2.33. The number of aliphatic hydroxyl groups is 1. The van der Waals surface area contributed by atoms with Crippen LogP contribution in [-0.2, 0) is 4.74 Å². The van der Waals surface area contributed by atoms with E-state index in [4.69, 9.17) is 4.74 Å². The topological polar surface area (TPSA) is 29.5 Å². The second-order valence-electron chi connectivity index (χ2n) is 5.26. The molecule has 1 N–H and O–H groups in total. The molecule has 0 heterocycles. The number of aliphatic hydroxyl groups excluding tert-OH is 1. The van der Waals surface area contributed by atoms with Gasteiger partial charge >= 0.3 is 0 Å². The Morgan fingerprint density at radius 2 is 2.00 bits per heavy atom. The van der Waals surface area contributed by atoms with Crippen molar-refractivity contribution in [3.05, 3.63) is 0 Å². The van der Waals surface area contributed by atoms with Gasteiger partial charge in [0.2, 0.25) is 0 Å². The Morgan fingerprint density at radius 1 is 1.20 bits per heavy atom. The Labute approximate surface area is 93.0 Å². The van der Waals surface area contributed by atoms with Crippen molar-refractivity contribution in [3.8, 4) is 0 Å². The zero-order chi connectivity index (χ0) is 10.7. The van der Waals surface area contributed by atoms with Crippen molar-refractivity contribution >= 4 is 0 Å². The van der Waals surface area contributed by atoms with Crippen molar-refractivity contribution < 1.29 is 9.84 Å². The van der Waals surface area contributed by atoms with E-state index in [2.05, 4.69) is 6.92 Å². The first-order chi connectivity index (χ1) is 7.29. The maximum Gasteiger partial charge on any atom is 0.0840 e. The van der Waals surface area contributed by atoms with Crippen molar-refractivity contribution in [2.24, 2.45) is 5.92 Å². The van der Waals surface area contributed by atoms with Gasteiger partial charge in [0.25, 0.3) is 0 Å². The van der Waals surface area contributed by atoms with Crippen LogP contribution < -0.4 is 0 Å². The van der Waals surface area contributed by atoms with E-state index in [9.17, 15) is 5.11 Å². The molecule has 2 rings (SSSR count). The van der Waals surface area contributed by atoms with Crippen LogP contribution in [0, 0.1) is 5.92 Å². The first-order valence-corrected chi connectivity index (χ1v) is 6.63. The van der Waals surface area contributed by atoms with E-state index in [-0.39, 0.29) is 12.2 Å². The van der Waals surface area contributed by atoms with E-state index < -0.39 is 0 Å². The third kappa shape index (κ3) is 2.94. The molecular weight excluding hydrogens is 188 g/mol. The van der Waals surface area contributed by atoms with E-state index >= 15 is 0 Å². The van der Waals surface area contributed by atoms with Gasteiger partial charge in [-0.3, -0.25) is 0 Å². The normalized spacial score (nSPS) is 37.6. The Morgan fingerprint density at radius 3 is 2.60 bits per heavy atom.